The van der Waals surface area contributed by atoms with Crippen LogP contribution in [-0.4, -0.2) is 32.1 Å². The Morgan fingerprint density at radius 2 is 2.24 bits per heavy atom. The molecule has 2 aromatic rings. The van der Waals surface area contributed by atoms with Gasteiger partial charge in [0.2, 0.25) is 5.75 Å². The van der Waals surface area contributed by atoms with E-state index in [0.29, 0.717) is 0 Å². The second-order valence-electron chi connectivity index (χ2n) is 3.76. The van der Waals surface area contributed by atoms with Crippen LogP contribution in [0.2, 0.25) is 0 Å². The van der Waals surface area contributed by atoms with Crippen molar-refractivity contribution in [3.05, 3.63) is 58.2 Å². The smallest absolute Gasteiger partial charge is 0.311 e. The van der Waals surface area contributed by atoms with Gasteiger partial charge in [-0.2, -0.15) is 5.10 Å². The number of para-hydroxylation sites is 1. The van der Waals surface area contributed by atoms with Gasteiger partial charge in [0.15, 0.2) is 0 Å². The van der Waals surface area contributed by atoms with Crippen molar-refractivity contribution < 1.29 is 14.8 Å². The van der Waals surface area contributed by atoms with Crippen molar-refractivity contribution in [3.63, 3.8) is 0 Å². The maximum absolute atomic E-state index is 11.6. The highest BCUT2D eigenvalue weighted by atomic mass is 16.6. The lowest BCUT2D eigenvalue weighted by Crippen LogP contribution is -2.19. The first kappa shape index (κ1) is 14.1. The fourth-order valence-corrected chi connectivity index (χ4v) is 1.43. The van der Waals surface area contributed by atoms with Crippen LogP contribution in [0.3, 0.4) is 0 Å². The zero-order valence-corrected chi connectivity index (χ0v) is 10.5. The average Bonchev–Trinajstić information content (AvgIpc) is 2.49. The number of nitrogens with zero attached hydrogens (tertiary/aromatic N) is 4. The maximum Gasteiger partial charge on any atom is 0.311 e. The van der Waals surface area contributed by atoms with Crippen LogP contribution in [0.25, 0.3) is 0 Å². The molecule has 0 radical (unpaired) electrons. The number of carbonyl (C=O) groups is 1. The number of carbonyl (C=O) groups excluding carboxylic acids is 1. The van der Waals surface area contributed by atoms with E-state index in [-0.39, 0.29) is 11.3 Å². The summed E-state index contributed by atoms with van der Waals surface area (Å²) in [6, 6.07) is 3.97. The Hall–Kier alpha value is -3.36. The lowest BCUT2D eigenvalue weighted by molar-refractivity contribution is -0.385. The third kappa shape index (κ3) is 3.35. The Labute approximate surface area is 118 Å². The minimum atomic E-state index is -0.717. The van der Waals surface area contributed by atoms with Gasteiger partial charge in [-0.05, 0) is 6.07 Å². The number of hydrogen-bond donors (Lipinski definition) is 2. The first-order valence-electron chi connectivity index (χ1n) is 5.65. The molecule has 0 saturated carbocycles. The summed E-state index contributed by atoms with van der Waals surface area (Å²) in [5, 5.41) is 23.9. The number of benzene rings is 1. The molecular weight excluding hydrogens is 278 g/mol. The molecule has 0 aliphatic heterocycles. The van der Waals surface area contributed by atoms with Crippen molar-refractivity contribution in [2.75, 3.05) is 0 Å². The summed E-state index contributed by atoms with van der Waals surface area (Å²) >= 11 is 0. The third-order valence-corrected chi connectivity index (χ3v) is 2.41. The van der Waals surface area contributed by atoms with Gasteiger partial charge in [-0.3, -0.25) is 19.9 Å². The summed E-state index contributed by atoms with van der Waals surface area (Å²) in [6.07, 6.45) is 5.12. The van der Waals surface area contributed by atoms with Crippen LogP contribution in [0.1, 0.15) is 16.1 Å². The number of hydrazone groups is 1. The predicted octanol–water partition coefficient (Wildman–Crippen LogP) is 0.854. The van der Waals surface area contributed by atoms with E-state index in [1.165, 1.54) is 30.7 Å². The first-order valence-corrected chi connectivity index (χ1v) is 5.65. The highest BCUT2D eigenvalue weighted by Crippen LogP contribution is 2.27. The number of aromatic nitrogens is 2. The minimum Gasteiger partial charge on any atom is -0.502 e. The van der Waals surface area contributed by atoms with Crippen molar-refractivity contribution in [3.8, 4) is 5.75 Å². The lowest BCUT2D eigenvalue weighted by atomic mass is 10.2. The molecule has 21 heavy (non-hydrogen) atoms. The molecule has 0 fully saturated rings. The fraction of sp³-hybridized carbons (Fsp3) is 0. The van der Waals surface area contributed by atoms with Gasteiger partial charge in [0, 0.05) is 24.0 Å². The molecule has 2 rings (SSSR count). The van der Waals surface area contributed by atoms with E-state index in [4.69, 9.17) is 0 Å². The molecule has 1 aromatic carbocycles. The van der Waals surface area contributed by atoms with Crippen molar-refractivity contribution in [2.24, 2.45) is 5.10 Å². The minimum absolute atomic E-state index is 0.0675. The number of hydrogen-bond acceptors (Lipinski definition) is 7. The summed E-state index contributed by atoms with van der Waals surface area (Å²) in [4.78, 5) is 29.0. The summed E-state index contributed by atoms with van der Waals surface area (Å²) in [5.41, 5.74) is 1.89. The Kier molecular flexibility index (Phi) is 4.14. The number of nitro benzene ring substituents is 1. The summed E-state index contributed by atoms with van der Waals surface area (Å²) < 4.78 is 0. The predicted molar refractivity (Wildman–Crippen MR) is 71.9 cm³/mol. The molecule has 0 bridgehead atoms. The highest BCUT2D eigenvalue weighted by Gasteiger charge is 2.15. The average molecular weight is 287 g/mol. The Morgan fingerprint density at radius 1 is 1.43 bits per heavy atom. The van der Waals surface area contributed by atoms with Crippen LogP contribution in [0, 0.1) is 10.1 Å². The zero-order valence-electron chi connectivity index (χ0n) is 10.5. The molecule has 1 amide bonds. The topological polar surface area (TPSA) is 131 Å². The van der Waals surface area contributed by atoms with E-state index in [9.17, 15) is 20.0 Å². The van der Waals surface area contributed by atoms with Crippen molar-refractivity contribution >= 4 is 17.8 Å². The molecule has 9 heteroatoms. The van der Waals surface area contributed by atoms with Crippen molar-refractivity contribution in [2.45, 2.75) is 0 Å². The molecule has 0 aliphatic rings. The molecule has 1 aromatic heterocycles. The number of phenolic OH excluding ortho intramolecular Hbond substituents is 1. The molecule has 0 atom stereocenters. The van der Waals surface area contributed by atoms with Crippen LogP contribution >= 0.6 is 0 Å². The largest absolute Gasteiger partial charge is 0.502 e. The van der Waals surface area contributed by atoms with E-state index >= 15 is 0 Å². The highest BCUT2D eigenvalue weighted by molar-refractivity contribution is 5.93. The second-order valence-corrected chi connectivity index (χ2v) is 3.76. The van der Waals surface area contributed by atoms with Gasteiger partial charge in [0.25, 0.3) is 5.91 Å². The molecule has 106 valence electrons. The Balaban J connectivity index is 2.10. The van der Waals surface area contributed by atoms with Gasteiger partial charge in [-0.15, -0.1) is 0 Å². The standard InChI is InChI=1S/C12H9N5O4/c18-11-8(2-1-3-10(11)17(20)21)6-15-16-12(19)9-7-13-4-5-14-9/h1-7,18H,(H,16,19)/b15-6-. The van der Waals surface area contributed by atoms with Gasteiger partial charge in [0.1, 0.15) is 5.69 Å². The lowest BCUT2D eigenvalue weighted by Gasteiger charge is -2.00. The summed E-state index contributed by atoms with van der Waals surface area (Å²) in [6.45, 7) is 0. The number of nitro groups is 1. The molecule has 2 N–H and O–H groups in total. The van der Waals surface area contributed by atoms with Gasteiger partial charge in [-0.25, -0.2) is 10.4 Å². The van der Waals surface area contributed by atoms with Crippen LogP contribution < -0.4 is 5.43 Å². The Morgan fingerprint density at radius 3 is 2.90 bits per heavy atom. The summed E-state index contributed by atoms with van der Waals surface area (Å²) in [7, 11) is 0. The normalized spacial score (nSPS) is 10.5. The van der Waals surface area contributed by atoms with E-state index in [0.717, 1.165) is 12.3 Å². The monoisotopic (exact) mass is 287 g/mol. The fourth-order valence-electron chi connectivity index (χ4n) is 1.43. The number of rotatable bonds is 4. The van der Waals surface area contributed by atoms with E-state index < -0.39 is 22.3 Å². The van der Waals surface area contributed by atoms with Crippen molar-refractivity contribution in [1.29, 1.82) is 0 Å². The maximum atomic E-state index is 11.6. The Bertz CT molecular complexity index is 702. The molecule has 1 heterocycles. The quantitative estimate of drug-likeness (QED) is 0.487. The van der Waals surface area contributed by atoms with Crippen LogP contribution in [0.15, 0.2) is 41.9 Å². The number of aromatic hydroxyl groups is 1. The molecule has 9 nitrogen and oxygen atoms in total. The van der Waals surface area contributed by atoms with E-state index in [1.807, 2.05) is 0 Å². The van der Waals surface area contributed by atoms with Crippen molar-refractivity contribution in [1.82, 2.24) is 15.4 Å². The molecule has 0 aliphatic carbocycles. The third-order valence-electron chi connectivity index (χ3n) is 2.41. The summed E-state index contributed by atoms with van der Waals surface area (Å²) in [5.74, 6) is -1.12. The van der Waals surface area contributed by atoms with E-state index in [1.54, 1.807) is 0 Å². The molecule has 0 spiro atoms. The van der Waals surface area contributed by atoms with Gasteiger partial charge in [0.05, 0.1) is 17.3 Å². The van der Waals surface area contributed by atoms with Gasteiger partial charge < -0.3 is 5.11 Å². The van der Waals surface area contributed by atoms with Gasteiger partial charge in [-0.1, -0.05) is 6.07 Å². The van der Waals surface area contributed by atoms with Crippen LogP contribution in [0.4, 0.5) is 5.69 Å². The zero-order chi connectivity index (χ0) is 15.2. The number of nitrogens with one attached hydrogen (secondary N) is 1. The molecular formula is C12H9N5O4. The molecule has 0 saturated heterocycles. The number of amides is 1. The number of phenols is 1. The van der Waals surface area contributed by atoms with E-state index in [2.05, 4.69) is 20.5 Å². The van der Waals surface area contributed by atoms with Crippen LogP contribution in [0.5, 0.6) is 5.75 Å². The SMILES string of the molecule is O=C(N/N=C\c1cccc([N+](=O)[O-])c1O)c1cnccn1. The molecule has 0 unspecified atom stereocenters. The van der Waals surface area contributed by atoms with Crippen LogP contribution in [-0.2, 0) is 0 Å². The second kappa shape index (κ2) is 6.19. The van der Waals surface area contributed by atoms with Gasteiger partial charge >= 0.3 is 5.69 Å². The first-order chi connectivity index (χ1) is 10.1.